The molecule has 2 heterocycles. The fraction of sp³-hybridized carbons (Fsp3) is 0.0588. The smallest absolute Gasteiger partial charge is 0.231 e. The number of aromatic amines is 1. The fourth-order valence-electron chi connectivity index (χ4n) is 2.46. The van der Waals surface area contributed by atoms with E-state index < -0.39 is 0 Å². The molecule has 106 valence electrons. The van der Waals surface area contributed by atoms with Crippen LogP contribution in [0.3, 0.4) is 0 Å². The fourth-order valence-corrected chi connectivity index (χ4v) is 2.46. The highest BCUT2D eigenvalue weighted by Crippen LogP contribution is 2.37. The van der Waals surface area contributed by atoms with Crippen molar-refractivity contribution in [1.29, 1.82) is 5.26 Å². The van der Waals surface area contributed by atoms with E-state index in [2.05, 4.69) is 16.0 Å². The zero-order valence-electron chi connectivity index (χ0n) is 11.5. The summed E-state index contributed by atoms with van der Waals surface area (Å²) in [6.45, 7) is 0.201. The Balaban J connectivity index is 1.82. The monoisotopic (exact) mass is 289 g/mol. The number of imidazole rings is 1. The molecule has 0 bridgehead atoms. The van der Waals surface area contributed by atoms with Crippen molar-refractivity contribution in [3.05, 3.63) is 53.9 Å². The Bertz CT molecular complexity index is 901. The van der Waals surface area contributed by atoms with Crippen molar-refractivity contribution in [3.63, 3.8) is 0 Å². The van der Waals surface area contributed by atoms with Gasteiger partial charge in [0, 0.05) is 5.56 Å². The van der Waals surface area contributed by atoms with Crippen molar-refractivity contribution >= 4 is 22.7 Å². The Morgan fingerprint density at radius 2 is 2.09 bits per heavy atom. The normalized spacial score (nSPS) is 13.3. The van der Waals surface area contributed by atoms with Crippen LogP contribution < -0.4 is 9.47 Å². The minimum absolute atomic E-state index is 0.201. The third kappa shape index (κ3) is 1.98. The van der Waals surface area contributed by atoms with E-state index in [1.807, 2.05) is 42.5 Å². The van der Waals surface area contributed by atoms with Crippen LogP contribution in [-0.2, 0) is 0 Å². The lowest BCUT2D eigenvalue weighted by Gasteiger charge is -2.01. The molecule has 0 unspecified atom stereocenters. The molecule has 1 N–H and O–H groups in total. The van der Waals surface area contributed by atoms with Crippen LogP contribution in [0.15, 0.2) is 42.5 Å². The average molecular weight is 289 g/mol. The van der Waals surface area contributed by atoms with E-state index in [1.54, 1.807) is 6.08 Å². The van der Waals surface area contributed by atoms with Crippen LogP contribution in [0.5, 0.6) is 11.5 Å². The molecule has 0 radical (unpaired) electrons. The number of hydrogen-bond donors (Lipinski definition) is 1. The first-order valence-corrected chi connectivity index (χ1v) is 6.81. The summed E-state index contributed by atoms with van der Waals surface area (Å²) < 4.78 is 10.8. The number of nitrogens with zero attached hydrogens (tertiary/aromatic N) is 2. The van der Waals surface area contributed by atoms with Crippen molar-refractivity contribution in [2.24, 2.45) is 0 Å². The Hall–Kier alpha value is -3.26. The molecule has 5 nitrogen and oxygen atoms in total. The van der Waals surface area contributed by atoms with Gasteiger partial charge in [0.25, 0.3) is 0 Å². The lowest BCUT2D eigenvalue weighted by Crippen LogP contribution is -1.93. The molecule has 1 aromatic heterocycles. The summed E-state index contributed by atoms with van der Waals surface area (Å²) in [4.78, 5) is 7.62. The second kappa shape index (κ2) is 4.93. The number of allylic oxidation sites excluding steroid dienone is 1. The number of fused-ring (bicyclic) bond motifs is 2. The van der Waals surface area contributed by atoms with Gasteiger partial charge < -0.3 is 14.5 Å². The summed E-state index contributed by atoms with van der Waals surface area (Å²) >= 11 is 0. The number of nitriles is 1. The van der Waals surface area contributed by atoms with Gasteiger partial charge in [-0.15, -0.1) is 0 Å². The van der Waals surface area contributed by atoms with Gasteiger partial charge in [-0.05, 0) is 24.3 Å². The van der Waals surface area contributed by atoms with Crippen LogP contribution in [0.4, 0.5) is 0 Å². The molecule has 0 atom stereocenters. The maximum Gasteiger partial charge on any atom is 0.231 e. The van der Waals surface area contributed by atoms with E-state index in [9.17, 15) is 5.26 Å². The van der Waals surface area contributed by atoms with Crippen LogP contribution in [0, 0.1) is 11.3 Å². The number of rotatable bonds is 2. The molecule has 4 rings (SSSR count). The molecule has 1 aliphatic heterocycles. The van der Waals surface area contributed by atoms with Gasteiger partial charge in [0.05, 0.1) is 16.6 Å². The first kappa shape index (κ1) is 12.5. The molecule has 0 saturated carbocycles. The molecule has 0 fully saturated rings. The van der Waals surface area contributed by atoms with Crippen LogP contribution in [0.25, 0.3) is 22.7 Å². The minimum Gasteiger partial charge on any atom is -0.454 e. The first-order chi connectivity index (χ1) is 10.8. The van der Waals surface area contributed by atoms with Crippen LogP contribution in [0.1, 0.15) is 11.4 Å². The number of ether oxygens (including phenoxy) is 2. The van der Waals surface area contributed by atoms with Gasteiger partial charge in [0.15, 0.2) is 11.5 Å². The summed E-state index contributed by atoms with van der Waals surface area (Å²) in [7, 11) is 0. The standard InChI is InChI=1S/C17H11N3O2/c18-9-12(17-19-13-5-1-2-6-14(13)20-17)8-11-4-3-7-15-16(11)22-10-21-15/h1-8H,10H2,(H,19,20). The zero-order valence-corrected chi connectivity index (χ0v) is 11.5. The molecule has 0 spiro atoms. The Kier molecular flexibility index (Phi) is 2.80. The van der Waals surface area contributed by atoms with Crippen LogP contribution >= 0.6 is 0 Å². The highest BCUT2D eigenvalue weighted by atomic mass is 16.7. The van der Waals surface area contributed by atoms with Crippen molar-refractivity contribution < 1.29 is 9.47 Å². The molecular weight excluding hydrogens is 278 g/mol. The van der Waals surface area contributed by atoms with Gasteiger partial charge in [-0.25, -0.2) is 4.98 Å². The Labute approximate surface area is 126 Å². The van der Waals surface area contributed by atoms with Crippen LogP contribution in [0.2, 0.25) is 0 Å². The third-order valence-electron chi connectivity index (χ3n) is 3.49. The van der Waals surface area contributed by atoms with Crippen molar-refractivity contribution in [1.82, 2.24) is 9.97 Å². The number of para-hydroxylation sites is 3. The lowest BCUT2D eigenvalue weighted by molar-refractivity contribution is 0.174. The quantitative estimate of drug-likeness (QED) is 0.734. The van der Waals surface area contributed by atoms with Crippen LogP contribution in [-0.4, -0.2) is 16.8 Å². The molecule has 2 aromatic carbocycles. The topological polar surface area (TPSA) is 70.9 Å². The maximum atomic E-state index is 9.46. The van der Waals surface area contributed by atoms with Crippen molar-refractivity contribution in [3.8, 4) is 17.6 Å². The predicted octanol–water partition coefficient (Wildman–Crippen LogP) is 3.36. The Morgan fingerprint density at radius 1 is 1.18 bits per heavy atom. The van der Waals surface area contributed by atoms with Gasteiger partial charge >= 0.3 is 0 Å². The zero-order chi connectivity index (χ0) is 14.9. The van der Waals surface area contributed by atoms with E-state index in [-0.39, 0.29) is 6.79 Å². The van der Waals surface area contributed by atoms with Gasteiger partial charge in [0.2, 0.25) is 6.79 Å². The number of H-pyrrole nitrogens is 1. The second-order valence-corrected chi connectivity index (χ2v) is 4.85. The molecule has 0 amide bonds. The largest absolute Gasteiger partial charge is 0.454 e. The van der Waals surface area contributed by atoms with E-state index in [0.29, 0.717) is 22.9 Å². The summed E-state index contributed by atoms with van der Waals surface area (Å²) in [5.41, 5.74) is 2.97. The number of benzene rings is 2. The highest BCUT2D eigenvalue weighted by Gasteiger charge is 2.17. The van der Waals surface area contributed by atoms with Crippen molar-refractivity contribution in [2.75, 3.05) is 6.79 Å². The van der Waals surface area contributed by atoms with Gasteiger partial charge in [-0.3, -0.25) is 0 Å². The predicted molar refractivity (Wildman–Crippen MR) is 82.1 cm³/mol. The average Bonchev–Trinajstić information content (AvgIpc) is 3.18. The number of hydrogen-bond acceptors (Lipinski definition) is 4. The number of nitrogens with one attached hydrogen (secondary N) is 1. The van der Waals surface area contributed by atoms with E-state index in [0.717, 1.165) is 16.6 Å². The Morgan fingerprint density at radius 3 is 2.95 bits per heavy atom. The lowest BCUT2D eigenvalue weighted by atomic mass is 10.1. The molecule has 0 saturated heterocycles. The summed E-state index contributed by atoms with van der Waals surface area (Å²) in [5.74, 6) is 1.89. The molecule has 0 aliphatic carbocycles. The van der Waals surface area contributed by atoms with E-state index >= 15 is 0 Å². The maximum absolute atomic E-state index is 9.46. The molecule has 3 aromatic rings. The molecular formula is C17H11N3O2. The van der Waals surface area contributed by atoms with Gasteiger partial charge in [-0.2, -0.15) is 5.26 Å². The SMILES string of the molecule is N#CC(=Cc1cccc2c1OCO2)c1nc2ccccc2[nH]1. The third-order valence-corrected chi connectivity index (χ3v) is 3.49. The summed E-state index contributed by atoms with van der Waals surface area (Å²) in [6.07, 6.45) is 1.76. The van der Waals surface area contributed by atoms with E-state index in [4.69, 9.17) is 9.47 Å². The number of aromatic nitrogens is 2. The van der Waals surface area contributed by atoms with E-state index in [1.165, 1.54) is 0 Å². The van der Waals surface area contributed by atoms with Crippen molar-refractivity contribution in [2.45, 2.75) is 0 Å². The highest BCUT2D eigenvalue weighted by molar-refractivity contribution is 5.91. The van der Waals surface area contributed by atoms with Gasteiger partial charge in [-0.1, -0.05) is 24.3 Å². The summed E-state index contributed by atoms with van der Waals surface area (Å²) in [6, 6.07) is 15.5. The van der Waals surface area contributed by atoms with Gasteiger partial charge in [0.1, 0.15) is 11.9 Å². The first-order valence-electron chi connectivity index (χ1n) is 6.81. The second-order valence-electron chi connectivity index (χ2n) is 4.85. The minimum atomic E-state index is 0.201. The molecule has 22 heavy (non-hydrogen) atoms. The summed E-state index contributed by atoms with van der Waals surface area (Å²) in [5, 5.41) is 9.46. The molecule has 5 heteroatoms. The molecule has 1 aliphatic rings.